The maximum absolute atomic E-state index is 12.4. The van der Waals surface area contributed by atoms with Crippen LogP contribution in [0.25, 0.3) is 0 Å². The third kappa shape index (κ3) is 46.1. The molecule has 6 heteroatoms. The summed E-state index contributed by atoms with van der Waals surface area (Å²) in [5.41, 5.74) is 0. The van der Waals surface area contributed by atoms with Crippen molar-refractivity contribution in [2.24, 2.45) is 0 Å². The van der Waals surface area contributed by atoms with Crippen LogP contribution in [0.1, 0.15) is 296 Å². The second kappa shape index (κ2) is 50.2. The molecule has 60 heavy (non-hydrogen) atoms. The zero-order valence-corrected chi connectivity index (χ0v) is 40.5. The van der Waals surface area contributed by atoms with E-state index in [-0.39, 0.29) is 18.5 Å². The Labute approximate surface area is 374 Å². The topological polar surface area (TPSA) is 95.9 Å². The summed E-state index contributed by atoms with van der Waals surface area (Å²) >= 11 is 0. The minimum absolute atomic E-state index is 0.0333. The van der Waals surface area contributed by atoms with Crippen LogP contribution in [0.4, 0.5) is 0 Å². The summed E-state index contributed by atoms with van der Waals surface area (Å²) in [5.74, 6) is -0.126. The number of amides is 1. The Hall–Kier alpha value is -1.40. The summed E-state index contributed by atoms with van der Waals surface area (Å²) < 4.78 is 5.44. The predicted molar refractivity (Wildman–Crippen MR) is 260 cm³/mol. The van der Waals surface area contributed by atoms with Crippen molar-refractivity contribution in [1.82, 2.24) is 5.32 Å². The smallest absolute Gasteiger partial charge is 0.305 e. The molecule has 0 aromatic carbocycles. The molecule has 1 amide bonds. The first-order valence-corrected chi connectivity index (χ1v) is 26.9. The molecule has 0 aromatic rings. The number of aliphatic hydroxyl groups is 2. The minimum atomic E-state index is -0.694. The van der Waals surface area contributed by atoms with Crippen molar-refractivity contribution in [3.05, 3.63) is 12.2 Å². The van der Waals surface area contributed by atoms with Crippen LogP contribution in [-0.4, -0.2) is 47.4 Å². The molecule has 0 saturated carbocycles. The minimum Gasteiger partial charge on any atom is -0.466 e. The lowest BCUT2D eigenvalue weighted by molar-refractivity contribution is -0.143. The molecule has 2 atom stereocenters. The van der Waals surface area contributed by atoms with Crippen LogP contribution in [0, 0.1) is 0 Å². The maximum atomic E-state index is 12.4. The van der Waals surface area contributed by atoms with Crippen molar-refractivity contribution < 1.29 is 24.5 Å². The van der Waals surface area contributed by atoms with Gasteiger partial charge in [-0.3, -0.25) is 9.59 Å². The van der Waals surface area contributed by atoms with Crippen molar-refractivity contribution in [3.63, 3.8) is 0 Å². The van der Waals surface area contributed by atoms with Crippen LogP contribution in [0.5, 0.6) is 0 Å². The van der Waals surface area contributed by atoms with E-state index in [1.165, 1.54) is 193 Å². The van der Waals surface area contributed by atoms with Crippen molar-refractivity contribution in [2.75, 3.05) is 13.2 Å². The molecule has 3 N–H and O–H groups in total. The van der Waals surface area contributed by atoms with E-state index in [1.807, 2.05) is 0 Å². The fourth-order valence-corrected chi connectivity index (χ4v) is 8.41. The summed E-state index contributed by atoms with van der Waals surface area (Å²) in [5, 5.41) is 23.2. The van der Waals surface area contributed by atoms with E-state index in [2.05, 4.69) is 31.3 Å². The number of nitrogens with one attached hydrogen (secondary N) is 1. The number of allylic oxidation sites excluding steroid dienone is 2. The first kappa shape index (κ1) is 58.6. The summed E-state index contributed by atoms with van der Waals surface area (Å²) in [4.78, 5) is 24.5. The Morgan fingerprint density at radius 2 is 0.800 bits per heavy atom. The average molecular weight is 848 g/mol. The van der Waals surface area contributed by atoms with E-state index >= 15 is 0 Å². The van der Waals surface area contributed by atoms with Crippen molar-refractivity contribution >= 4 is 11.9 Å². The number of carbonyl (C=O) groups is 2. The van der Waals surface area contributed by atoms with Gasteiger partial charge >= 0.3 is 5.97 Å². The van der Waals surface area contributed by atoms with Crippen LogP contribution < -0.4 is 5.32 Å². The SMILES string of the molecule is CCCCCCCCCCCCCCCCCCCCCCCC(O)C(CO)NC(=O)CCC/C=C\CCCCCCOC(=O)CCCCCCCCCCCCCCC. The van der Waals surface area contributed by atoms with Gasteiger partial charge < -0.3 is 20.3 Å². The summed E-state index contributed by atoms with van der Waals surface area (Å²) in [7, 11) is 0. The Morgan fingerprint density at radius 3 is 1.22 bits per heavy atom. The molecule has 0 aliphatic heterocycles. The quantitative estimate of drug-likeness (QED) is 0.0322. The maximum Gasteiger partial charge on any atom is 0.305 e. The third-order valence-electron chi connectivity index (χ3n) is 12.6. The number of unbranched alkanes of at least 4 members (excludes halogenated alkanes) is 37. The molecular formula is C54H105NO5. The van der Waals surface area contributed by atoms with E-state index in [4.69, 9.17) is 4.74 Å². The van der Waals surface area contributed by atoms with Gasteiger partial charge in [0.2, 0.25) is 5.91 Å². The summed E-state index contributed by atoms with van der Waals surface area (Å²) in [6, 6.07) is -0.578. The number of carbonyl (C=O) groups excluding carboxylic acids is 2. The summed E-state index contributed by atoms with van der Waals surface area (Å²) in [6.45, 7) is 4.88. The van der Waals surface area contributed by atoms with Gasteiger partial charge in [-0.05, 0) is 44.9 Å². The molecular weight excluding hydrogens is 743 g/mol. The van der Waals surface area contributed by atoms with E-state index in [0.717, 1.165) is 70.6 Å². The lowest BCUT2D eigenvalue weighted by Gasteiger charge is -2.22. The number of ether oxygens (including phenoxy) is 1. The number of aliphatic hydroxyl groups excluding tert-OH is 2. The molecule has 0 fully saturated rings. The molecule has 0 spiro atoms. The lowest BCUT2D eigenvalue weighted by Crippen LogP contribution is -2.45. The monoisotopic (exact) mass is 848 g/mol. The molecule has 0 aliphatic carbocycles. The molecule has 6 nitrogen and oxygen atoms in total. The van der Waals surface area contributed by atoms with Gasteiger partial charge in [0.05, 0.1) is 25.4 Å². The molecule has 0 aromatic heterocycles. The first-order chi connectivity index (χ1) is 29.5. The van der Waals surface area contributed by atoms with Crippen molar-refractivity contribution in [2.45, 2.75) is 309 Å². The Kier molecular flexibility index (Phi) is 49.1. The third-order valence-corrected chi connectivity index (χ3v) is 12.6. The van der Waals surface area contributed by atoms with Gasteiger partial charge in [0, 0.05) is 12.8 Å². The van der Waals surface area contributed by atoms with Crippen LogP contribution in [-0.2, 0) is 14.3 Å². The lowest BCUT2D eigenvalue weighted by atomic mass is 10.0. The fourth-order valence-electron chi connectivity index (χ4n) is 8.41. The molecule has 356 valence electrons. The molecule has 0 heterocycles. The van der Waals surface area contributed by atoms with Gasteiger partial charge in [-0.1, -0.05) is 251 Å². The molecule has 0 radical (unpaired) electrons. The average Bonchev–Trinajstić information content (AvgIpc) is 3.25. The standard InChI is InChI=1S/C54H105NO5/c1-3-5-7-9-11-13-15-17-18-19-20-21-22-23-24-26-27-30-34-38-42-46-52(57)51(50-56)55-53(58)47-43-39-35-31-29-33-37-41-45-49-60-54(59)48-44-40-36-32-28-25-16-14-12-10-8-6-4-2/h31,35,51-52,56-57H,3-30,32-34,36-50H2,1-2H3,(H,55,58)/b35-31-. The van der Waals surface area contributed by atoms with Crippen molar-refractivity contribution in [3.8, 4) is 0 Å². The van der Waals surface area contributed by atoms with E-state index in [9.17, 15) is 19.8 Å². The predicted octanol–water partition coefficient (Wildman–Crippen LogP) is 16.1. The second-order valence-corrected chi connectivity index (χ2v) is 18.6. The highest BCUT2D eigenvalue weighted by atomic mass is 16.5. The van der Waals surface area contributed by atoms with Crippen LogP contribution >= 0.6 is 0 Å². The highest BCUT2D eigenvalue weighted by Gasteiger charge is 2.20. The number of hydrogen-bond acceptors (Lipinski definition) is 5. The highest BCUT2D eigenvalue weighted by molar-refractivity contribution is 5.76. The highest BCUT2D eigenvalue weighted by Crippen LogP contribution is 2.17. The van der Waals surface area contributed by atoms with Crippen LogP contribution in [0.3, 0.4) is 0 Å². The van der Waals surface area contributed by atoms with E-state index in [0.29, 0.717) is 25.9 Å². The van der Waals surface area contributed by atoms with Crippen LogP contribution in [0.2, 0.25) is 0 Å². The second-order valence-electron chi connectivity index (χ2n) is 18.6. The van der Waals surface area contributed by atoms with Crippen LogP contribution in [0.15, 0.2) is 12.2 Å². The molecule has 0 bridgehead atoms. The number of esters is 1. The zero-order valence-electron chi connectivity index (χ0n) is 40.5. The van der Waals surface area contributed by atoms with E-state index < -0.39 is 12.1 Å². The molecule has 0 rings (SSSR count). The Balaban J connectivity index is 3.52. The first-order valence-electron chi connectivity index (χ1n) is 26.9. The molecule has 2 unspecified atom stereocenters. The Bertz CT molecular complexity index is 893. The molecule has 0 aliphatic rings. The van der Waals surface area contributed by atoms with Gasteiger partial charge in [-0.2, -0.15) is 0 Å². The normalized spacial score (nSPS) is 12.7. The fraction of sp³-hybridized carbons (Fsp3) is 0.926. The van der Waals surface area contributed by atoms with Gasteiger partial charge in [0.15, 0.2) is 0 Å². The number of rotatable bonds is 50. The molecule has 0 saturated heterocycles. The number of hydrogen-bond donors (Lipinski definition) is 3. The van der Waals surface area contributed by atoms with E-state index in [1.54, 1.807) is 0 Å². The van der Waals surface area contributed by atoms with Gasteiger partial charge in [0.25, 0.3) is 0 Å². The van der Waals surface area contributed by atoms with Gasteiger partial charge in [-0.25, -0.2) is 0 Å². The van der Waals surface area contributed by atoms with Crippen molar-refractivity contribution in [1.29, 1.82) is 0 Å². The van der Waals surface area contributed by atoms with Gasteiger partial charge in [0.1, 0.15) is 0 Å². The largest absolute Gasteiger partial charge is 0.466 e. The Morgan fingerprint density at radius 1 is 0.450 bits per heavy atom. The summed E-state index contributed by atoms with van der Waals surface area (Å²) in [6.07, 6.45) is 57.7. The zero-order chi connectivity index (χ0) is 43.7. The van der Waals surface area contributed by atoms with Gasteiger partial charge in [-0.15, -0.1) is 0 Å².